The fourth-order valence-electron chi connectivity index (χ4n) is 1.69. The van der Waals surface area contributed by atoms with Gasteiger partial charge in [-0.05, 0) is 30.0 Å². The summed E-state index contributed by atoms with van der Waals surface area (Å²) in [6.45, 7) is 5.78. The normalized spacial score (nSPS) is 9.93. The number of aryl methyl sites for hydroxylation is 1. The molecule has 0 heterocycles. The second-order valence-electron chi connectivity index (χ2n) is 3.33. The molecule has 0 bridgehead atoms. The van der Waals surface area contributed by atoms with Crippen LogP contribution in [0.4, 0.5) is 5.69 Å². The summed E-state index contributed by atoms with van der Waals surface area (Å²) >= 11 is 0. The Balaban J connectivity index is 3.08. The van der Waals surface area contributed by atoms with Gasteiger partial charge >= 0.3 is 0 Å². The topological polar surface area (TPSA) is 29.1 Å². The van der Waals surface area contributed by atoms with Crippen LogP contribution >= 0.6 is 0 Å². The van der Waals surface area contributed by atoms with Crippen molar-refractivity contribution in [1.29, 1.82) is 0 Å². The van der Waals surface area contributed by atoms with Crippen molar-refractivity contribution >= 4 is 11.6 Å². The summed E-state index contributed by atoms with van der Waals surface area (Å²) in [7, 11) is 0. The monoisotopic (exact) mass is 191 g/mol. The first kappa shape index (κ1) is 10.8. The zero-order valence-electron chi connectivity index (χ0n) is 9.05. The summed E-state index contributed by atoms with van der Waals surface area (Å²) in [6, 6.07) is 6.06. The van der Waals surface area contributed by atoms with Crippen molar-refractivity contribution in [2.45, 2.75) is 33.6 Å². The Hall–Kier alpha value is -1.31. The highest BCUT2D eigenvalue weighted by Gasteiger charge is 2.05. The Bertz CT molecular complexity index is 331. The number of benzene rings is 1. The van der Waals surface area contributed by atoms with Crippen LogP contribution in [-0.4, -0.2) is 5.91 Å². The van der Waals surface area contributed by atoms with Gasteiger partial charge in [-0.1, -0.05) is 26.0 Å². The van der Waals surface area contributed by atoms with Crippen molar-refractivity contribution in [2.24, 2.45) is 0 Å². The molecule has 1 aromatic carbocycles. The number of carbonyl (C=O) groups excluding carboxylic acids is 1. The van der Waals surface area contributed by atoms with Crippen molar-refractivity contribution in [1.82, 2.24) is 0 Å². The van der Waals surface area contributed by atoms with Gasteiger partial charge < -0.3 is 5.32 Å². The van der Waals surface area contributed by atoms with E-state index in [1.54, 1.807) is 0 Å². The summed E-state index contributed by atoms with van der Waals surface area (Å²) in [5, 5.41) is 2.86. The molecule has 0 aliphatic carbocycles. The molecule has 2 nitrogen and oxygen atoms in total. The highest BCUT2D eigenvalue weighted by Crippen LogP contribution is 2.21. The van der Waals surface area contributed by atoms with Crippen LogP contribution in [0, 0.1) is 0 Å². The maximum absolute atomic E-state index is 11.0. The minimum atomic E-state index is -0.00652. The van der Waals surface area contributed by atoms with Crippen LogP contribution in [0.2, 0.25) is 0 Å². The van der Waals surface area contributed by atoms with Crippen LogP contribution in [0.5, 0.6) is 0 Å². The zero-order valence-corrected chi connectivity index (χ0v) is 9.05. The van der Waals surface area contributed by atoms with E-state index < -0.39 is 0 Å². The summed E-state index contributed by atoms with van der Waals surface area (Å²) in [5.41, 5.74) is 3.53. The van der Waals surface area contributed by atoms with E-state index in [0.29, 0.717) is 0 Å². The number of hydrogen-bond donors (Lipinski definition) is 1. The first-order valence-corrected chi connectivity index (χ1v) is 5.07. The zero-order chi connectivity index (χ0) is 10.6. The Morgan fingerprint density at radius 2 is 2.00 bits per heavy atom. The molecule has 0 aliphatic rings. The first-order valence-electron chi connectivity index (χ1n) is 5.07. The molecule has 2 heteroatoms. The van der Waals surface area contributed by atoms with E-state index in [-0.39, 0.29) is 5.91 Å². The number of hydrogen-bond acceptors (Lipinski definition) is 1. The molecule has 1 amide bonds. The lowest BCUT2D eigenvalue weighted by molar-refractivity contribution is -0.114. The van der Waals surface area contributed by atoms with Crippen LogP contribution < -0.4 is 5.32 Å². The van der Waals surface area contributed by atoms with E-state index in [4.69, 9.17) is 0 Å². The molecular weight excluding hydrogens is 174 g/mol. The third-order valence-corrected chi connectivity index (χ3v) is 2.32. The van der Waals surface area contributed by atoms with Crippen molar-refractivity contribution in [3.05, 3.63) is 29.3 Å². The van der Waals surface area contributed by atoms with Gasteiger partial charge in [-0.3, -0.25) is 4.79 Å². The molecule has 76 valence electrons. The summed E-state index contributed by atoms with van der Waals surface area (Å²) in [5.74, 6) is -0.00652. The van der Waals surface area contributed by atoms with E-state index in [1.807, 2.05) is 12.1 Å². The number of rotatable bonds is 3. The van der Waals surface area contributed by atoms with Gasteiger partial charge in [0.05, 0.1) is 0 Å². The van der Waals surface area contributed by atoms with E-state index >= 15 is 0 Å². The van der Waals surface area contributed by atoms with Gasteiger partial charge in [-0.15, -0.1) is 0 Å². The van der Waals surface area contributed by atoms with Crippen LogP contribution in [0.3, 0.4) is 0 Å². The summed E-state index contributed by atoms with van der Waals surface area (Å²) in [4.78, 5) is 11.0. The number of carbonyl (C=O) groups is 1. The molecule has 1 N–H and O–H groups in total. The molecule has 1 aromatic rings. The molecule has 0 unspecified atom stereocenters. The molecule has 0 aromatic heterocycles. The highest BCUT2D eigenvalue weighted by atomic mass is 16.1. The predicted octanol–water partition coefficient (Wildman–Crippen LogP) is 2.77. The van der Waals surface area contributed by atoms with Crippen molar-refractivity contribution < 1.29 is 4.79 Å². The standard InChI is InChI=1S/C12H17NO/c1-4-10-7-6-8-12(11(10)5-2)13-9(3)14/h6-8H,4-5H2,1-3H3,(H,13,14). The molecule has 14 heavy (non-hydrogen) atoms. The molecule has 0 aliphatic heterocycles. The lowest BCUT2D eigenvalue weighted by Gasteiger charge is -2.12. The average molecular weight is 191 g/mol. The van der Waals surface area contributed by atoms with Crippen LogP contribution in [-0.2, 0) is 17.6 Å². The molecule has 0 saturated carbocycles. The smallest absolute Gasteiger partial charge is 0.221 e. The van der Waals surface area contributed by atoms with Gasteiger partial charge in [0.25, 0.3) is 0 Å². The van der Waals surface area contributed by atoms with Crippen molar-refractivity contribution in [3.63, 3.8) is 0 Å². The predicted molar refractivity (Wildman–Crippen MR) is 59.5 cm³/mol. The molecule has 0 atom stereocenters. The quantitative estimate of drug-likeness (QED) is 0.782. The maximum atomic E-state index is 11.0. The van der Waals surface area contributed by atoms with Crippen molar-refractivity contribution in [3.8, 4) is 0 Å². The van der Waals surface area contributed by atoms with E-state index in [2.05, 4.69) is 25.2 Å². The van der Waals surface area contributed by atoms with Crippen LogP contribution in [0.25, 0.3) is 0 Å². The first-order chi connectivity index (χ1) is 6.69. The van der Waals surface area contributed by atoms with E-state index in [0.717, 1.165) is 18.5 Å². The second kappa shape index (κ2) is 4.80. The average Bonchev–Trinajstić information content (AvgIpc) is 2.16. The van der Waals surface area contributed by atoms with Gasteiger partial charge in [0.2, 0.25) is 5.91 Å². The number of anilines is 1. The Labute approximate surface area is 85.3 Å². The highest BCUT2D eigenvalue weighted by molar-refractivity contribution is 5.89. The van der Waals surface area contributed by atoms with Gasteiger partial charge in [-0.25, -0.2) is 0 Å². The molecule has 0 spiro atoms. The molecular formula is C12H17NO. The lowest BCUT2D eigenvalue weighted by Crippen LogP contribution is -2.09. The second-order valence-corrected chi connectivity index (χ2v) is 3.33. The van der Waals surface area contributed by atoms with Gasteiger partial charge in [-0.2, -0.15) is 0 Å². The van der Waals surface area contributed by atoms with Crippen molar-refractivity contribution in [2.75, 3.05) is 5.32 Å². The summed E-state index contributed by atoms with van der Waals surface area (Å²) < 4.78 is 0. The minimum Gasteiger partial charge on any atom is -0.326 e. The SMILES string of the molecule is CCc1cccc(NC(C)=O)c1CC. The summed E-state index contributed by atoms with van der Waals surface area (Å²) in [6.07, 6.45) is 1.97. The fraction of sp³-hybridized carbons (Fsp3) is 0.417. The fourth-order valence-corrected chi connectivity index (χ4v) is 1.69. The Morgan fingerprint density at radius 3 is 2.50 bits per heavy atom. The van der Waals surface area contributed by atoms with Gasteiger partial charge in [0.1, 0.15) is 0 Å². The molecule has 0 fully saturated rings. The maximum Gasteiger partial charge on any atom is 0.221 e. The lowest BCUT2D eigenvalue weighted by atomic mass is 10.0. The van der Waals surface area contributed by atoms with Gasteiger partial charge in [0.15, 0.2) is 0 Å². The van der Waals surface area contributed by atoms with Crippen LogP contribution in [0.15, 0.2) is 18.2 Å². The third kappa shape index (κ3) is 2.34. The molecule has 0 saturated heterocycles. The van der Waals surface area contributed by atoms with E-state index in [9.17, 15) is 4.79 Å². The number of nitrogens with one attached hydrogen (secondary N) is 1. The number of amides is 1. The largest absolute Gasteiger partial charge is 0.326 e. The Morgan fingerprint density at radius 1 is 1.29 bits per heavy atom. The minimum absolute atomic E-state index is 0.00652. The van der Waals surface area contributed by atoms with Crippen LogP contribution in [0.1, 0.15) is 31.9 Å². The van der Waals surface area contributed by atoms with Gasteiger partial charge in [0, 0.05) is 12.6 Å². The Kier molecular flexibility index (Phi) is 3.69. The molecule has 0 radical (unpaired) electrons. The van der Waals surface area contributed by atoms with E-state index in [1.165, 1.54) is 18.1 Å². The molecule has 1 rings (SSSR count). The third-order valence-electron chi connectivity index (χ3n) is 2.32.